The summed E-state index contributed by atoms with van der Waals surface area (Å²) >= 11 is 5.62. The molecule has 0 radical (unpaired) electrons. The van der Waals surface area contributed by atoms with Crippen LogP contribution in [0.25, 0.3) is 11.1 Å². The Kier molecular flexibility index (Phi) is 3.08. The maximum atomic E-state index is 12.0. The largest absolute Gasteiger partial charge is 0.441 e. The number of fused-ring (bicyclic) bond motifs is 1. The average Bonchev–Trinajstić information content (AvgIpc) is 2.78. The Morgan fingerprint density at radius 1 is 1.25 bits per heavy atom. The van der Waals surface area contributed by atoms with Crippen LogP contribution in [0.5, 0.6) is 0 Å². The lowest BCUT2D eigenvalue weighted by molar-refractivity contribution is 0.102. The molecule has 20 heavy (non-hydrogen) atoms. The van der Waals surface area contributed by atoms with Gasteiger partial charge in [0.2, 0.25) is 0 Å². The minimum absolute atomic E-state index is 0.186. The molecule has 6 nitrogen and oxygen atoms in total. The normalized spacial score (nSPS) is 10.7. The molecule has 0 aliphatic heterocycles. The van der Waals surface area contributed by atoms with Crippen molar-refractivity contribution >= 4 is 34.3 Å². The standard InChI is InChI=1S/C13H9ClN4O2/c1-7-15-10-6-8(2-4-11(10)20-7)16-13(19)9-3-5-12(14)18-17-9/h2-6H,1H3,(H,16,19). The molecule has 1 aromatic carbocycles. The number of hydrogen-bond donors (Lipinski definition) is 1. The molecule has 0 unspecified atom stereocenters. The van der Waals surface area contributed by atoms with Gasteiger partial charge in [-0.25, -0.2) is 4.98 Å². The fourth-order valence-electron chi connectivity index (χ4n) is 1.75. The van der Waals surface area contributed by atoms with Gasteiger partial charge in [0, 0.05) is 12.6 Å². The number of hydrogen-bond acceptors (Lipinski definition) is 5. The Balaban J connectivity index is 1.84. The van der Waals surface area contributed by atoms with E-state index in [1.807, 2.05) is 0 Å². The smallest absolute Gasteiger partial charge is 0.276 e. The maximum absolute atomic E-state index is 12.0. The summed E-state index contributed by atoms with van der Waals surface area (Å²) in [6.07, 6.45) is 0. The quantitative estimate of drug-likeness (QED) is 0.784. The van der Waals surface area contributed by atoms with Gasteiger partial charge in [-0.3, -0.25) is 4.79 Å². The number of nitrogens with one attached hydrogen (secondary N) is 1. The van der Waals surface area contributed by atoms with Crippen molar-refractivity contribution in [2.45, 2.75) is 6.92 Å². The monoisotopic (exact) mass is 288 g/mol. The third-order valence-corrected chi connectivity index (χ3v) is 2.82. The molecule has 7 heteroatoms. The Morgan fingerprint density at radius 2 is 2.10 bits per heavy atom. The highest BCUT2D eigenvalue weighted by molar-refractivity contribution is 6.29. The Hall–Kier alpha value is -2.47. The van der Waals surface area contributed by atoms with Crippen molar-refractivity contribution in [1.29, 1.82) is 0 Å². The second kappa shape index (κ2) is 4.90. The van der Waals surface area contributed by atoms with E-state index in [0.717, 1.165) is 0 Å². The van der Waals surface area contributed by atoms with E-state index in [1.54, 1.807) is 25.1 Å². The van der Waals surface area contributed by atoms with Gasteiger partial charge in [-0.15, -0.1) is 10.2 Å². The molecule has 1 N–H and O–H groups in total. The first-order valence-corrected chi connectivity index (χ1v) is 6.17. The molecular formula is C13H9ClN4O2. The topological polar surface area (TPSA) is 80.9 Å². The number of aryl methyl sites for hydroxylation is 1. The summed E-state index contributed by atoms with van der Waals surface area (Å²) < 4.78 is 5.36. The van der Waals surface area contributed by atoms with Gasteiger partial charge >= 0.3 is 0 Å². The SMILES string of the molecule is Cc1nc2cc(NC(=O)c3ccc(Cl)nn3)ccc2o1. The second-order valence-electron chi connectivity index (χ2n) is 4.11. The van der Waals surface area contributed by atoms with Crippen LogP contribution in [0, 0.1) is 6.92 Å². The predicted molar refractivity (Wildman–Crippen MR) is 73.7 cm³/mol. The number of amides is 1. The zero-order valence-electron chi connectivity index (χ0n) is 10.4. The Labute approximate surface area is 118 Å². The first-order valence-electron chi connectivity index (χ1n) is 5.79. The molecule has 0 saturated carbocycles. The third-order valence-electron chi connectivity index (χ3n) is 2.62. The molecule has 0 bridgehead atoms. The minimum atomic E-state index is -0.367. The van der Waals surface area contributed by atoms with Crippen molar-refractivity contribution in [1.82, 2.24) is 15.2 Å². The minimum Gasteiger partial charge on any atom is -0.441 e. The van der Waals surface area contributed by atoms with E-state index in [1.165, 1.54) is 12.1 Å². The molecule has 3 aromatic rings. The molecule has 1 amide bonds. The fraction of sp³-hybridized carbons (Fsp3) is 0.0769. The van der Waals surface area contributed by atoms with Gasteiger partial charge in [-0.05, 0) is 30.3 Å². The molecule has 0 aliphatic carbocycles. The van der Waals surface area contributed by atoms with Gasteiger partial charge in [0.05, 0.1) is 0 Å². The summed E-state index contributed by atoms with van der Waals surface area (Å²) in [5.41, 5.74) is 2.15. The van der Waals surface area contributed by atoms with E-state index < -0.39 is 0 Å². The van der Waals surface area contributed by atoms with E-state index in [0.29, 0.717) is 22.7 Å². The Bertz CT molecular complexity index is 783. The highest BCUT2D eigenvalue weighted by Crippen LogP contribution is 2.20. The lowest BCUT2D eigenvalue weighted by Gasteiger charge is -2.03. The summed E-state index contributed by atoms with van der Waals surface area (Å²) in [6.45, 7) is 1.77. The van der Waals surface area contributed by atoms with Gasteiger partial charge in [-0.2, -0.15) is 0 Å². The molecule has 0 aliphatic rings. The van der Waals surface area contributed by atoms with Crippen molar-refractivity contribution in [3.63, 3.8) is 0 Å². The number of oxazole rings is 1. The number of rotatable bonds is 2. The number of aromatic nitrogens is 3. The fourth-order valence-corrected chi connectivity index (χ4v) is 1.85. The van der Waals surface area contributed by atoms with Crippen molar-refractivity contribution in [2.75, 3.05) is 5.32 Å². The van der Waals surface area contributed by atoms with Gasteiger partial charge in [0.25, 0.3) is 5.91 Å². The van der Waals surface area contributed by atoms with Crippen molar-refractivity contribution in [2.24, 2.45) is 0 Å². The van der Waals surface area contributed by atoms with Gasteiger partial charge < -0.3 is 9.73 Å². The van der Waals surface area contributed by atoms with Crippen molar-refractivity contribution in [3.05, 3.63) is 47.1 Å². The van der Waals surface area contributed by atoms with E-state index in [2.05, 4.69) is 20.5 Å². The highest BCUT2D eigenvalue weighted by atomic mass is 35.5. The number of halogens is 1. The lowest BCUT2D eigenvalue weighted by Crippen LogP contribution is -2.14. The first-order chi connectivity index (χ1) is 9.61. The molecule has 0 fully saturated rings. The molecular weight excluding hydrogens is 280 g/mol. The second-order valence-corrected chi connectivity index (χ2v) is 4.50. The molecule has 0 saturated heterocycles. The van der Waals surface area contributed by atoms with Crippen LogP contribution in [0.15, 0.2) is 34.7 Å². The summed E-state index contributed by atoms with van der Waals surface area (Å²) in [6, 6.07) is 8.22. The number of anilines is 1. The van der Waals surface area contributed by atoms with E-state index in [9.17, 15) is 4.79 Å². The Morgan fingerprint density at radius 3 is 2.85 bits per heavy atom. The maximum Gasteiger partial charge on any atom is 0.276 e. The van der Waals surface area contributed by atoms with Gasteiger partial charge in [-0.1, -0.05) is 11.6 Å². The molecule has 0 atom stereocenters. The van der Waals surface area contributed by atoms with Crippen molar-refractivity contribution in [3.8, 4) is 0 Å². The van der Waals surface area contributed by atoms with E-state index in [4.69, 9.17) is 16.0 Å². The van der Waals surface area contributed by atoms with Gasteiger partial charge in [0.15, 0.2) is 22.3 Å². The van der Waals surface area contributed by atoms with Crippen LogP contribution in [0.2, 0.25) is 5.15 Å². The molecule has 0 spiro atoms. The van der Waals surface area contributed by atoms with Crippen LogP contribution in [-0.4, -0.2) is 21.1 Å². The number of benzene rings is 1. The van der Waals surface area contributed by atoms with E-state index in [-0.39, 0.29) is 16.8 Å². The van der Waals surface area contributed by atoms with Crippen molar-refractivity contribution < 1.29 is 9.21 Å². The van der Waals surface area contributed by atoms with Crippen LogP contribution in [-0.2, 0) is 0 Å². The zero-order chi connectivity index (χ0) is 14.1. The van der Waals surface area contributed by atoms with Crippen LogP contribution in [0.3, 0.4) is 0 Å². The lowest BCUT2D eigenvalue weighted by atomic mass is 10.2. The molecule has 2 heterocycles. The molecule has 3 rings (SSSR count). The van der Waals surface area contributed by atoms with E-state index >= 15 is 0 Å². The summed E-state index contributed by atoms with van der Waals surface area (Å²) in [7, 11) is 0. The average molecular weight is 289 g/mol. The van der Waals surface area contributed by atoms with Crippen LogP contribution >= 0.6 is 11.6 Å². The third kappa shape index (κ3) is 2.46. The summed E-state index contributed by atoms with van der Waals surface area (Å²) in [5, 5.41) is 10.3. The first kappa shape index (κ1) is 12.6. The number of carbonyl (C=O) groups excluding carboxylic acids is 1. The highest BCUT2D eigenvalue weighted by Gasteiger charge is 2.10. The van der Waals surface area contributed by atoms with Crippen LogP contribution < -0.4 is 5.32 Å². The van der Waals surface area contributed by atoms with Crippen LogP contribution in [0.1, 0.15) is 16.4 Å². The molecule has 100 valence electrons. The number of carbonyl (C=O) groups is 1. The zero-order valence-corrected chi connectivity index (χ0v) is 11.2. The summed E-state index contributed by atoms with van der Waals surface area (Å²) in [5.74, 6) is 0.209. The number of nitrogens with zero attached hydrogens (tertiary/aromatic N) is 3. The predicted octanol–water partition coefficient (Wildman–Crippen LogP) is 2.83. The summed E-state index contributed by atoms with van der Waals surface area (Å²) in [4.78, 5) is 16.2. The van der Waals surface area contributed by atoms with Crippen LogP contribution in [0.4, 0.5) is 5.69 Å². The van der Waals surface area contributed by atoms with Gasteiger partial charge in [0.1, 0.15) is 5.52 Å². The molecule has 2 aromatic heterocycles.